The number of hydrogen-bond donors (Lipinski definition) is 1. The first-order valence-electron chi connectivity index (χ1n) is 6.98. The molecule has 21 heavy (non-hydrogen) atoms. The summed E-state index contributed by atoms with van der Waals surface area (Å²) in [5, 5.41) is 11.6. The summed E-state index contributed by atoms with van der Waals surface area (Å²) in [7, 11) is 0. The molecule has 2 rings (SSSR count). The van der Waals surface area contributed by atoms with E-state index in [1.165, 1.54) is 0 Å². The molecule has 0 saturated carbocycles. The molecule has 1 aliphatic heterocycles. The van der Waals surface area contributed by atoms with E-state index in [0.29, 0.717) is 12.2 Å². The van der Waals surface area contributed by atoms with Gasteiger partial charge in [-0.2, -0.15) is 5.26 Å². The average molecular weight is 288 g/mol. The van der Waals surface area contributed by atoms with Crippen LogP contribution in [0.25, 0.3) is 0 Å². The summed E-state index contributed by atoms with van der Waals surface area (Å²) < 4.78 is 5.25. The Bertz CT molecular complexity index is 542. The van der Waals surface area contributed by atoms with Crippen molar-refractivity contribution in [2.75, 3.05) is 18.0 Å². The van der Waals surface area contributed by atoms with Crippen LogP contribution < -0.4 is 10.2 Å². The minimum absolute atomic E-state index is 0.0653. The molecular formula is C15H20N4O2. The van der Waals surface area contributed by atoms with Gasteiger partial charge in [-0.25, -0.2) is 9.78 Å². The van der Waals surface area contributed by atoms with Crippen molar-refractivity contribution in [3.05, 3.63) is 24.0 Å². The maximum Gasteiger partial charge on any atom is 0.407 e. The van der Waals surface area contributed by atoms with Gasteiger partial charge in [0.1, 0.15) is 17.4 Å². The highest BCUT2D eigenvalue weighted by Crippen LogP contribution is 2.20. The van der Waals surface area contributed by atoms with Crippen LogP contribution >= 0.6 is 0 Å². The molecule has 0 aliphatic carbocycles. The number of carbonyl (C=O) groups is 1. The predicted octanol–water partition coefficient (Wildman–Crippen LogP) is 2.06. The van der Waals surface area contributed by atoms with Gasteiger partial charge in [0.2, 0.25) is 0 Å². The van der Waals surface area contributed by atoms with E-state index in [0.717, 1.165) is 18.7 Å². The second kappa shape index (κ2) is 6.00. The molecule has 0 unspecified atom stereocenters. The average Bonchev–Trinajstić information content (AvgIpc) is 2.85. The number of nitrogens with one attached hydrogen (secondary N) is 1. The molecule has 1 saturated heterocycles. The number of aromatic nitrogens is 1. The Balaban J connectivity index is 1.88. The summed E-state index contributed by atoms with van der Waals surface area (Å²) in [6.07, 6.45) is 2.17. The molecule has 2 heterocycles. The molecule has 1 N–H and O–H groups in total. The van der Waals surface area contributed by atoms with Gasteiger partial charge in [0, 0.05) is 13.1 Å². The number of nitrogens with zero attached hydrogens (tertiary/aromatic N) is 3. The molecule has 0 aromatic carbocycles. The first-order chi connectivity index (χ1) is 9.87. The van der Waals surface area contributed by atoms with Gasteiger partial charge in [0.15, 0.2) is 0 Å². The van der Waals surface area contributed by atoms with Gasteiger partial charge in [-0.3, -0.25) is 0 Å². The van der Waals surface area contributed by atoms with Gasteiger partial charge in [-0.05, 0) is 39.3 Å². The van der Waals surface area contributed by atoms with Crippen LogP contribution in [0.15, 0.2) is 18.3 Å². The van der Waals surface area contributed by atoms with Crippen LogP contribution in [0.4, 0.5) is 10.5 Å². The summed E-state index contributed by atoms with van der Waals surface area (Å²) in [4.78, 5) is 17.9. The third-order valence-corrected chi connectivity index (χ3v) is 3.14. The monoisotopic (exact) mass is 288 g/mol. The number of rotatable bonds is 2. The summed E-state index contributed by atoms with van der Waals surface area (Å²) in [6.45, 7) is 7.09. The van der Waals surface area contributed by atoms with Gasteiger partial charge in [0.25, 0.3) is 0 Å². The lowest BCUT2D eigenvalue weighted by molar-refractivity contribution is 0.0509. The Morgan fingerprint density at radius 1 is 1.52 bits per heavy atom. The zero-order valence-electron chi connectivity index (χ0n) is 12.6. The van der Waals surface area contributed by atoms with Crippen LogP contribution in [-0.2, 0) is 4.74 Å². The van der Waals surface area contributed by atoms with Crippen LogP contribution in [0, 0.1) is 11.3 Å². The van der Waals surface area contributed by atoms with E-state index in [1.807, 2.05) is 32.9 Å². The third-order valence-electron chi connectivity index (χ3n) is 3.14. The van der Waals surface area contributed by atoms with E-state index < -0.39 is 5.60 Å². The standard InChI is InChI=1S/C15H20N4O2/c1-15(2,3)21-14(20)18-12-6-7-19(10-12)13-5-4-11(8-16)17-9-13/h4-5,9,12H,6-7,10H2,1-3H3,(H,18,20)/t12-/m0/s1. The quantitative estimate of drug-likeness (QED) is 0.901. The number of amides is 1. The molecule has 6 heteroatoms. The van der Waals surface area contributed by atoms with Crippen LogP contribution in [-0.4, -0.2) is 35.8 Å². The molecular weight excluding hydrogens is 268 g/mol. The van der Waals surface area contributed by atoms with Crippen molar-refractivity contribution < 1.29 is 9.53 Å². The third kappa shape index (κ3) is 4.35. The van der Waals surface area contributed by atoms with Gasteiger partial charge in [0.05, 0.1) is 17.9 Å². The predicted molar refractivity (Wildman–Crippen MR) is 78.9 cm³/mol. The van der Waals surface area contributed by atoms with Crippen molar-refractivity contribution in [1.29, 1.82) is 5.26 Å². The van der Waals surface area contributed by atoms with Crippen molar-refractivity contribution >= 4 is 11.8 Å². The molecule has 0 spiro atoms. The van der Waals surface area contributed by atoms with Crippen molar-refractivity contribution in [1.82, 2.24) is 10.3 Å². The van der Waals surface area contributed by atoms with Gasteiger partial charge in [-0.15, -0.1) is 0 Å². The second-order valence-electron chi connectivity index (χ2n) is 6.09. The van der Waals surface area contributed by atoms with Gasteiger partial charge >= 0.3 is 6.09 Å². The van der Waals surface area contributed by atoms with Crippen molar-refractivity contribution in [3.8, 4) is 6.07 Å². The molecule has 1 aromatic heterocycles. The van der Waals surface area contributed by atoms with Crippen LogP contribution in [0.3, 0.4) is 0 Å². The molecule has 0 bridgehead atoms. The SMILES string of the molecule is CC(C)(C)OC(=O)N[C@H]1CCN(c2ccc(C#N)nc2)C1. The number of alkyl carbamates (subject to hydrolysis) is 1. The highest BCUT2D eigenvalue weighted by molar-refractivity contribution is 5.68. The number of ether oxygens (including phenoxy) is 1. The number of carbonyl (C=O) groups excluding carboxylic acids is 1. The minimum atomic E-state index is -0.487. The molecule has 1 aliphatic rings. The Hall–Kier alpha value is -2.29. The fourth-order valence-corrected chi connectivity index (χ4v) is 2.23. The van der Waals surface area contributed by atoms with Crippen LogP contribution in [0.2, 0.25) is 0 Å². The Labute approximate surface area is 124 Å². The highest BCUT2D eigenvalue weighted by atomic mass is 16.6. The number of anilines is 1. The lowest BCUT2D eigenvalue weighted by Gasteiger charge is -2.22. The summed E-state index contributed by atoms with van der Waals surface area (Å²) in [5.41, 5.74) is 0.878. The van der Waals surface area contributed by atoms with E-state index in [2.05, 4.69) is 15.2 Å². The van der Waals surface area contributed by atoms with Gasteiger partial charge in [-0.1, -0.05) is 0 Å². The van der Waals surface area contributed by atoms with Crippen LogP contribution in [0.5, 0.6) is 0 Å². The first kappa shape index (κ1) is 15.1. The Morgan fingerprint density at radius 3 is 2.86 bits per heavy atom. The van der Waals surface area contributed by atoms with E-state index in [-0.39, 0.29) is 12.1 Å². The maximum atomic E-state index is 11.7. The molecule has 6 nitrogen and oxygen atoms in total. The minimum Gasteiger partial charge on any atom is -0.444 e. The number of pyridine rings is 1. The lowest BCUT2D eigenvalue weighted by atomic mass is 10.2. The summed E-state index contributed by atoms with van der Waals surface area (Å²) >= 11 is 0. The molecule has 1 atom stereocenters. The summed E-state index contributed by atoms with van der Waals surface area (Å²) in [6, 6.07) is 5.64. The fraction of sp³-hybridized carbons (Fsp3) is 0.533. The van der Waals surface area contributed by atoms with Gasteiger partial charge < -0.3 is 15.0 Å². The van der Waals surface area contributed by atoms with Crippen LogP contribution in [0.1, 0.15) is 32.9 Å². The topological polar surface area (TPSA) is 78.2 Å². The Morgan fingerprint density at radius 2 is 2.29 bits per heavy atom. The molecule has 1 aromatic rings. The van der Waals surface area contributed by atoms with Crippen molar-refractivity contribution in [2.24, 2.45) is 0 Å². The number of nitriles is 1. The lowest BCUT2D eigenvalue weighted by Crippen LogP contribution is -2.40. The fourth-order valence-electron chi connectivity index (χ4n) is 2.23. The second-order valence-corrected chi connectivity index (χ2v) is 6.09. The van der Waals surface area contributed by atoms with Crippen molar-refractivity contribution in [3.63, 3.8) is 0 Å². The highest BCUT2D eigenvalue weighted by Gasteiger charge is 2.26. The van der Waals surface area contributed by atoms with E-state index in [4.69, 9.17) is 10.00 Å². The Kier molecular flexibility index (Phi) is 4.32. The first-order valence-corrected chi connectivity index (χ1v) is 6.98. The van der Waals surface area contributed by atoms with E-state index >= 15 is 0 Å². The summed E-state index contributed by atoms with van der Waals surface area (Å²) in [5.74, 6) is 0. The normalized spacial score (nSPS) is 18.2. The smallest absolute Gasteiger partial charge is 0.407 e. The molecule has 1 fully saturated rings. The largest absolute Gasteiger partial charge is 0.444 e. The zero-order valence-corrected chi connectivity index (χ0v) is 12.6. The van der Waals surface area contributed by atoms with Crippen molar-refractivity contribution in [2.45, 2.75) is 38.8 Å². The molecule has 0 radical (unpaired) electrons. The van der Waals surface area contributed by atoms with E-state index in [9.17, 15) is 4.79 Å². The molecule has 1 amide bonds. The molecule has 112 valence electrons. The number of hydrogen-bond acceptors (Lipinski definition) is 5. The zero-order chi connectivity index (χ0) is 15.5. The van der Waals surface area contributed by atoms with E-state index in [1.54, 1.807) is 12.3 Å². The maximum absolute atomic E-state index is 11.7.